The van der Waals surface area contributed by atoms with Crippen LogP contribution in [-0.4, -0.2) is 29.6 Å². The van der Waals surface area contributed by atoms with Crippen LogP contribution in [0.5, 0.6) is 0 Å². The molecular formula is C15H22N4O3S. The molecule has 1 fully saturated rings. The molecule has 1 saturated carbocycles. The highest BCUT2D eigenvalue weighted by Crippen LogP contribution is 2.22. The van der Waals surface area contributed by atoms with E-state index in [-0.39, 0.29) is 16.8 Å². The molecule has 23 heavy (non-hydrogen) atoms. The van der Waals surface area contributed by atoms with E-state index in [0.29, 0.717) is 11.6 Å². The molecule has 1 aliphatic carbocycles. The van der Waals surface area contributed by atoms with Crippen LogP contribution >= 0.6 is 0 Å². The highest BCUT2D eigenvalue weighted by molar-refractivity contribution is 7.89. The lowest BCUT2D eigenvalue weighted by Gasteiger charge is -2.20. The molecule has 2 heterocycles. The van der Waals surface area contributed by atoms with Crippen molar-refractivity contribution in [3.8, 4) is 11.6 Å². The van der Waals surface area contributed by atoms with Gasteiger partial charge in [0.1, 0.15) is 10.6 Å². The van der Waals surface area contributed by atoms with E-state index in [1.165, 1.54) is 31.5 Å². The van der Waals surface area contributed by atoms with Gasteiger partial charge in [0.15, 0.2) is 0 Å². The molecule has 0 atom stereocenters. The van der Waals surface area contributed by atoms with E-state index in [4.69, 9.17) is 4.42 Å². The maximum Gasteiger partial charge on any atom is 0.264 e. The van der Waals surface area contributed by atoms with Crippen molar-refractivity contribution in [2.45, 2.75) is 62.8 Å². The van der Waals surface area contributed by atoms with Crippen molar-refractivity contribution in [1.82, 2.24) is 19.9 Å². The number of rotatable bonds is 4. The van der Waals surface area contributed by atoms with Crippen molar-refractivity contribution >= 4 is 10.0 Å². The highest BCUT2D eigenvalue weighted by atomic mass is 32.2. The summed E-state index contributed by atoms with van der Waals surface area (Å²) in [6, 6.07) is 1.54. The van der Waals surface area contributed by atoms with Crippen molar-refractivity contribution in [2.24, 2.45) is 0 Å². The molecule has 0 saturated heterocycles. The lowest BCUT2D eigenvalue weighted by atomic mass is 9.97. The van der Waals surface area contributed by atoms with E-state index in [9.17, 15) is 8.42 Å². The Morgan fingerprint density at radius 3 is 2.52 bits per heavy atom. The summed E-state index contributed by atoms with van der Waals surface area (Å²) in [5, 5.41) is 7.63. The van der Waals surface area contributed by atoms with Gasteiger partial charge in [-0.25, -0.2) is 13.1 Å². The Morgan fingerprint density at radius 1 is 1.17 bits per heavy atom. The Morgan fingerprint density at radius 2 is 1.87 bits per heavy atom. The number of aromatic nitrogens is 3. The molecule has 2 N–H and O–H groups in total. The Balaban J connectivity index is 1.73. The first kappa shape index (κ1) is 16.2. The fourth-order valence-electron chi connectivity index (χ4n) is 2.92. The molecule has 0 spiro atoms. The van der Waals surface area contributed by atoms with Gasteiger partial charge in [-0.1, -0.05) is 32.1 Å². The summed E-state index contributed by atoms with van der Waals surface area (Å²) in [5.41, 5.74) is 0.503. The number of hydrogen-bond acceptors (Lipinski definition) is 5. The van der Waals surface area contributed by atoms with E-state index >= 15 is 0 Å². The molecule has 0 bridgehead atoms. The van der Waals surface area contributed by atoms with Gasteiger partial charge in [0.05, 0.1) is 0 Å². The van der Waals surface area contributed by atoms with E-state index in [2.05, 4.69) is 19.9 Å². The maximum absolute atomic E-state index is 12.6. The first-order valence-corrected chi connectivity index (χ1v) is 9.54. The van der Waals surface area contributed by atoms with E-state index in [1.807, 2.05) is 0 Å². The van der Waals surface area contributed by atoms with Crippen LogP contribution in [0.1, 0.15) is 50.8 Å². The zero-order valence-electron chi connectivity index (χ0n) is 13.2. The molecule has 2 aromatic rings. The van der Waals surface area contributed by atoms with E-state index in [0.717, 1.165) is 25.7 Å². The topological polar surface area (TPSA) is 101 Å². The summed E-state index contributed by atoms with van der Waals surface area (Å²) in [5.74, 6) is 0.724. The largest absolute Gasteiger partial charge is 0.420 e. The fourth-order valence-corrected chi connectivity index (χ4v) is 4.22. The van der Waals surface area contributed by atoms with Gasteiger partial charge in [-0.05, 0) is 18.9 Å². The van der Waals surface area contributed by atoms with Crippen molar-refractivity contribution in [3.05, 3.63) is 18.2 Å². The summed E-state index contributed by atoms with van der Waals surface area (Å²) in [4.78, 5) is 3.09. The Kier molecular flexibility index (Phi) is 4.82. The molecule has 7 nitrogen and oxygen atoms in total. The standard InChI is InChI=1S/C15H22N4O3S/c1-11-17-18-15(22-11)14-9-13(10-16-14)23(20,21)19-12-7-5-3-2-4-6-8-12/h9-10,12,16,19H,2-8H2,1H3. The summed E-state index contributed by atoms with van der Waals surface area (Å²) in [7, 11) is -3.54. The summed E-state index contributed by atoms with van der Waals surface area (Å²) in [6.07, 6.45) is 9.04. The second-order valence-corrected chi connectivity index (χ2v) is 7.75. The maximum atomic E-state index is 12.6. The van der Waals surface area contributed by atoms with Gasteiger partial charge < -0.3 is 9.40 Å². The molecule has 0 aliphatic heterocycles. The quantitative estimate of drug-likeness (QED) is 0.892. The van der Waals surface area contributed by atoms with Gasteiger partial charge in [-0.15, -0.1) is 10.2 Å². The molecule has 1 aliphatic rings. The minimum Gasteiger partial charge on any atom is -0.420 e. The molecule has 3 rings (SSSR count). The van der Waals surface area contributed by atoms with Crippen LogP contribution in [0.4, 0.5) is 0 Å². The normalized spacial score (nSPS) is 17.8. The van der Waals surface area contributed by atoms with Crippen LogP contribution in [-0.2, 0) is 10.0 Å². The van der Waals surface area contributed by atoms with Gasteiger partial charge in [0, 0.05) is 19.2 Å². The number of aryl methyl sites for hydroxylation is 1. The number of sulfonamides is 1. The molecule has 0 aromatic carbocycles. The van der Waals surface area contributed by atoms with Crippen molar-refractivity contribution < 1.29 is 12.8 Å². The van der Waals surface area contributed by atoms with E-state index in [1.54, 1.807) is 6.92 Å². The van der Waals surface area contributed by atoms with Crippen LogP contribution < -0.4 is 4.72 Å². The van der Waals surface area contributed by atoms with Crippen molar-refractivity contribution in [3.63, 3.8) is 0 Å². The number of hydrogen-bond donors (Lipinski definition) is 2. The summed E-state index contributed by atoms with van der Waals surface area (Å²) >= 11 is 0. The molecule has 0 radical (unpaired) electrons. The van der Waals surface area contributed by atoms with Gasteiger partial charge in [-0.2, -0.15) is 0 Å². The fraction of sp³-hybridized carbons (Fsp3) is 0.600. The van der Waals surface area contributed by atoms with Crippen molar-refractivity contribution in [2.75, 3.05) is 0 Å². The second kappa shape index (κ2) is 6.84. The van der Waals surface area contributed by atoms with Crippen molar-refractivity contribution in [1.29, 1.82) is 0 Å². The first-order chi connectivity index (χ1) is 11.0. The first-order valence-electron chi connectivity index (χ1n) is 8.06. The zero-order valence-corrected chi connectivity index (χ0v) is 14.0. The lowest BCUT2D eigenvalue weighted by Crippen LogP contribution is -2.35. The smallest absolute Gasteiger partial charge is 0.264 e. The third kappa shape index (κ3) is 4.00. The Bertz CT molecular complexity index is 742. The van der Waals surface area contributed by atoms with Gasteiger partial charge in [-0.3, -0.25) is 0 Å². The van der Waals surface area contributed by atoms with Gasteiger partial charge in [0.25, 0.3) is 5.89 Å². The van der Waals surface area contributed by atoms with Crippen LogP contribution in [0.3, 0.4) is 0 Å². The van der Waals surface area contributed by atoms with Crippen LogP contribution in [0, 0.1) is 6.92 Å². The predicted molar refractivity (Wildman–Crippen MR) is 85.3 cm³/mol. The van der Waals surface area contributed by atoms with Crippen LogP contribution in [0.15, 0.2) is 21.6 Å². The summed E-state index contributed by atoms with van der Waals surface area (Å²) < 4.78 is 33.2. The predicted octanol–water partition coefficient (Wildman–Crippen LogP) is 2.76. The monoisotopic (exact) mass is 338 g/mol. The highest BCUT2D eigenvalue weighted by Gasteiger charge is 2.22. The van der Waals surface area contributed by atoms with Gasteiger partial charge >= 0.3 is 0 Å². The molecule has 2 aromatic heterocycles. The third-order valence-corrected chi connectivity index (χ3v) is 5.65. The average Bonchev–Trinajstić information content (AvgIpc) is 3.10. The number of nitrogens with zero attached hydrogens (tertiary/aromatic N) is 2. The number of aromatic amines is 1. The average molecular weight is 338 g/mol. The zero-order chi connectivity index (χ0) is 16.3. The lowest BCUT2D eigenvalue weighted by molar-refractivity contribution is 0.426. The molecule has 8 heteroatoms. The molecular weight excluding hydrogens is 316 g/mol. The van der Waals surface area contributed by atoms with E-state index < -0.39 is 10.0 Å². The molecule has 0 amide bonds. The molecule has 126 valence electrons. The van der Waals surface area contributed by atoms with Gasteiger partial charge in [0.2, 0.25) is 15.9 Å². The second-order valence-electron chi connectivity index (χ2n) is 6.04. The minimum atomic E-state index is -3.54. The third-order valence-electron chi connectivity index (χ3n) is 4.15. The Labute approximate surface area is 135 Å². The minimum absolute atomic E-state index is 0.0179. The number of nitrogens with one attached hydrogen (secondary N) is 2. The van der Waals surface area contributed by atoms with Crippen LogP contribution in [0.25, 0.3) is 11.6 Å². The van der Waals surface area contributed by atoms with Crippen LogP contribution in [0.2, 0.25) is 0 Å². The SMILES string of the molecule is Cc1nnc(-c2cc(S(=O)(=O)NC3CCCCCCC3)c[nH]2)o1. The summed E-state index contributed by atoms with van der Waals surface area (Å²) in [6.45, 7) is 1.69. The number of H-pyrrole nitrogens is 1. The Hall–Kier alpha value is -1.67. The molecule has 0 unspecified atom stereocenters.